The first-order valence-corrected chi connectivity index (χ1v) is 8.77. The summed E-state index contributed by atoms with van der Waals surface area (Å²) in [6.45, 7) is 2.90. The Labute approximate surface area is 138 Å². The van der Waals surface area contributed by atoms with Gasteiger partial charge in [0.1, 0.15) is 5.82 Å². The van der Waals surface area contributed by atoms with Crippen molar-refractivity contribution in [2.75, 3.05) is 31.7 Å². The van der Waals surface area contributed by atoms with Crippen LogP contribution in [0.4, 0.5) is 5.82 Å². The Morgan fingerprint density at radius 3 is 3.09 bits per heavy atom. The highest BCUT2D eigenvalue weighted by Gasteiger charge is 2.25. The highest BCUT2D eigenvalue weighted by molar-refractivity contribution is 5.95. The zero-order valence-corrected chi connectivity index (χ0v) is 14.0. The molecule has 0 spiro atoms. The number of amides is 1. The molecule has 1 aromatic rings. The minimum atomic E-state index is 0.0322. The Kier molecular flexibility index (Phi) is 5.49. The zero-order valence-electron chi connectivity index (χ0n) is 14.0. The van der Waals surface area contributed by atoms with Crippen molar-refractivity contribution in [1.29, 1.82) is 0 Å². The van der Waals surface area contributed by atoms with Crippen molar-refractivity contribution >= 4 is 11.7 Å². The lowest BCUT2D eigenvalue weighted by Crippen LogP contribution is -2.36. The molecule has 1 amide bonds. The summed E-state index contributed by atoms with van der Waals surface area (Å²) in [5.74, 6) is 1.67. The van der Waals surface area contributed by atoms with Gasteiger partial charge in [0, 0.05) is 44.6 Å². The number of piperidine rings is 1. The lowest BCUT2D eigenvalue weighted by molar-refractivity contribution is 0.0951. The molecule has 0 bridgehead atoms. The molecule has 1 saturated heterocycles. The van der Waals surface area contributed by atoms with Crippen molar-refractivity contribution in [3.05, 3.63) is 23.9 Å². The standard InChI is InChI=1S/C18H27N3O2/c1-23-11-3-5-14-4-2-10-21(13-14)17-12-15(8-9-19-17)18(22)20-16-6-7-16/h8-9,12,14,16H,2-7,10-11,13H2,1H3,(H,20,22)/t14-/m0/s1. The van der Waals surface area contributed by atoms with Gasteiger partial charge >= 0.3 is 0 Å². The second-order valence-corrected chi connectivity index (χ2v) is 6.74. The van der Waals surface area contributed by atoms with Crippen molar-refractivity contribution in [2.45, 2.75) is 44.6 Å². The monoisotopic (exact) mass is 317 g/mol. The minimum Gasteiger partial charge on any atom is -0.385 e. The van der Waals surface area contributed by atoms with Crippen LogP contribution in [0.25, 0.3) is 0 Å². The number of nitrogens with zero attached hydrogens (tertiary/aromatic N) is 2. The third kappa shape index (κ3) is 4.67. The molecule has 1 saturated carbocycles. The first-order chi connectivity index (χ1) is 11.3. The summed E-state index contributed by atoms with van der Waals surface area (Å²) < 4.78 is 5.15. The number of anilines is 1. The summed E-state index contributed by atoms with van der Waals surface area (Å²) in [5.41, 5.74) is 0.725. The van der Waals surface area contributed by atoms with Gasteiger partial charge in [0.2, 0.25) is 0 Å². The number of nitrogens with one attached hydrogen (secondary N) is 1. The SMILES string of the molecule is COCCC[C@@H]1CCCN(c2cc(C(=O)NC3CC3)ccn2)C1. The molecule has 2 fully saturated rings. The lowest BCUT2D eigenvalue weighted by atomic mass is 9.93. The summed E-state index contributed by atoms with van der Waals surface area (Å²) in [6.07, 6.45) is 8.77. The third-order valence-corrected chi connectivity index (χ3v) is 4.72. The van der Waals surface area contributed by atoms with E-state index >= 15 is 0 Å². The molecular formula is C18H27N3O2. The van der Waals surface area contributed by atoms with Crippen molar-refractivity contribution in [3.8, 4) is 0 Å². The molecule has 1 atom stereocenters. The van der Waals surface area contributed by atoms with Gasteiger partial charge in [-0.1, -0.05) is 0 Å². The van der Waals surface area contributed by atoms with E-state index in [-0.39, 0.29) is 5.91 Å². The number of hydrogen-bond acceptors (Lipinski definition) is 4. The van der Waals surface area contributed by atoms with Gasteiger partial charge in [-0.25, -0.2) is 4.98 Å². The van der Waals surface area contributed by atoms with Crippen LogP contribution in [-0.4, -0.2) is 43.7 Å². The lowest BCUT2D eigenvalue weighted by Gasteiger charge is -2.33. The van der Waals surface area contributed by atoms with Crippen molar-refractivity contribution in [3.63, 3.8) is 0 Å². The van der Waals surface area contributed by atoms with Gasteiger partial charge < -0.3 is 15.0 Å². The maximum Gasteiger partial charge on any atom is 0.251 e. The Bertz CT molecular complexity index is 531. The van der Waals surface area contributed by atoms with Crippen molar-refractivity contribution < 1.29 is 9.53 Å². The van der Waals surface area contributed by atoms with Gasteiger partial charge in [-0.05, 0) is 56.6 Å². The average molecular weight is 317 g/mol. The fourth-order valence-corrected chi connectivity index (χ4v) is 3.25. The molecule has 3 rings (SSSR count). The number of pyridine rings is 1. The highest BCUT2D eigenvalue weighted by atomic mass is 16.5. The number of carbonyl (C=O) groups is 1. The summed E-state index contributed by atoms with van der Waals surface area (Å²) in [5, 5.41) is 3.04. The van der Waals surface area contributed by atoms with Crippen LogP contribution >= 0.6 is 0 Å². The number of carbonyl (C=O) groups excluding carboxylic acids is 1. The first-order valence-electron chi connectivity index (χ1n) is 8.77. The molecule has 0 aromatic carbocycles. The van der Waals surface area contributed by atoms with Crippen molar-refractivity contribution in [1.82, 2.24) is 10.3 Å². The predicted molar refractivity (Wildman–Crippen MR) is 90.8 cm³/mol. The van der Waals surface area contributed by atoms with Crippen LogP contribution < -0.4 is 10.2 Å². The van der Waals surface area contributed by atoms with Gasteiger partial charge in [-0.3, -0.25) is 4.79 Å². The van der Waals surface area contributed by atoms with Crippen LogP contribution in [0, 0.1) is 5.92 Å². The van der Waals surface area contributed by atoms with Crippen LogP contribution in [0.1, 0.15) is 48.9 Å². The summed E-state index contributed by atoms with van der Waals surface area (Å²) >= 11 is 0. The molecule has 1 aromatic heterocycles. The molecule has 5 heteroatoms. The molecule has 5 nitrogen and oxygen atoms in total. The topological polar surface area (TPSA) is 54.5 Å². The van der Waals surface area contributed by atoms with E-state index in [0.29, 0.717) is 12.0 Å². The second-order valence-electron chi connectivity index (χ2n) is 6.74. The van der Waals surface area contributed by atoms with E-state index in [9.17, 15) is 4.79 Å². The summed E-state index contributed by atoms with van der Waals surface area (Å²) in [6, 6.07) is 4.13. The maximum absolute atomic E-state index is 12.2. The van der Waals surface area contributed by atoms with E-state index in [4.69, 9.17) is 4.74 Å². The first kappa shape index (κ1) is 16.2. The van der Waals surface area contributed by atoms with Crippen LogP contribution in [0.3, 0.4) is 0 Å². The Hall–Kier alpha value is -1.62. The molecule has 1 N–H and O–H groups in total. The Balaban J connectivity index is 1.60. The van der Waals surface area contributed by atoms with Gasteiger partial charge in [-0.2, -0.15) is 0 Å². The largest absolute Gasteiger partial charge is 0.385 e. The van der Waals surface area contributed by atoms with Gasteiger partial charge in [0.25, 0.3) is 5.91 Å². The maximum atomic E-state index is 12.2. The van der Waals surface area contributed by atoms with E-state index in [1.807, 2.05) is 6.07 Å². The Morgan fingerprint density at radius 2 is 2.30 bits per heavy atom. The molecule has 2 heterocycles. The smallest absolute Gasteiger partial charge is 0.251 e. The molecule has 126 valence electrons. The number of methoxy groups -OCH3 is 1. The average Bonchev–Trinajstić information content (AvgIpc) is 3.39. The van der Waals surface area contributed by atoms with Crippen LogP contribution in [0.5, 0.6) is 0 Å². The fourth-order valence-electron chi connectivity index (χ4n) is 3.25. The quantitative estimate of drug-likeness (QED) is 0.786. The second kappa shape index (κ2) is 7.77. The van der Waals surface area contributed by atoms with E-state index in [0.717, 1.165) is 50.3 Å². The fraction of sp³-hybridized carbons (Fsp3) is 0.667. The third-order valence-electron chi connectivity index (χ3n) is 4.72. The normalized spacial score (nSPS) is 21.3. The number of ether oxygens (including phenoxy) is 1. The molecule has 1 aliphatic heterocycles. The number of hydrogen-bond donors (Lipinski definition) is 1. The Morgan fingerprint density at radius 1 is 1.43 bits per heavy atom. The van der Waals surface area contributed by atoms with E-state index in [2.05, 4.69) is 15.2 Å². The molecule has 0 unspecified atom stereocenters. The molecule has 23 heavy (non-hydrogen) atoms. The zero-order chi connectivity index (χ0) is 16.1. The predicted octanol–water partition coefficient (Wildman–Crippen LogP) is 2.62. The highest BCUT2D eigenvalue weighted by Crippen LogP contribution is 2.25. The number of rotatable bonds is 7. The molecular weight excluding hydrogens is 290 g/mol. The van der Waals surface area contributed by atoms with E-state index in [1.54, 1.807) is 19.4 Å². The van der Waals surface area contributed by atoms with E-state index < -0.39 is 0 Å². The van der Waals surface area contributed by atoms with Gasteiger partial charge in [-0.15, -0.1) is 0 Å². The van der Waals surface area contributed by atoms with Crippen LogP contribution in [0.15, 0.2) is 18.3 Å². The van der Waals surface area contributed by atoms with Crippen LogP contribution in [-0.2, 0) is 4.74 Å². The molecule has 1 aliphatic carbocycles. The van der Waals surface area contributed by atoms with Crippen molar-refractivity contribution in [2.24, 2.45) is 5.92 Å². The summed E-state index contributed by atoms with van der Waals surface area (Å²) in [7, 11) is 1.76. The van der Waals surface area contributed by atoms with Gasteiger partial charge in [0.15, 0.2) is 0 Å². The van der Waals surface area contributed by atoms with Crippen LogP contribution in [0.2, 0.25) is 0 Å². The minimum absolute atomic E-state index is 0.0322. The molecule has 0 radical (unpaired) electrons. The molecule has 2 aliphatic rings. The summed E-state index contributed by atoms with van der Waals surface area (Å²) in [4.78, 5) is 19.0. The van der Waals surface area contributed by atoms with Gasteiger partial charge in [0.05, 0.1) is 0 Å². The number of aromatic nitrogens is 1. The van der Waals surface area contributed by atoms with E-state index in [1.165, 1.54) is 19.3 Å².